The number of hydrogen-bond acceptors (Lipinski definition) is 2. The Morgan fingerprint density at radius 3 is 2.27 bits per heavy atom. The predicted molar refractivity (Wildman–Crippen MR) is 109 cm³/mol. The summed E-state index contributed by atoms with van der Waals surface area (Å²) in [5.41, 5.74) is 4.09. The van der Waals surface area contributed by atoms with Crippen molar-refractivity contribution in [3.05, 3.63) is 64.5 Å². The lowest BCUT2D eigenvalue weighted by Crippen LogP contribution is -1.99. The van der Waals surface area contributed by atoms with E-state index < -0.39 is 11.8 Å². The lowest BCUT2D eigenvalue weighted by Gasteiger charge is -2.05. The molecule has 0 aliphatic carbocycles. The van der Waals surface area contributed by atoms with Crippen molar-refractivity contribution in [2.75, 3.05) is 5.75 Å². The Morgan fingerprint density at radius 1 is 1.04 bits per heavy atom. The van der Waals surface area contributed by atoms with Crippen LogP contribution in [0.4, 0.5) is 4.39 Å². The van der Waals surface area contributed by atoms with Gasteiger partial charge in [-0.15, -0.1) is 11.8 Å². The molecule has 0 saturated heterocycles. The molecule has 0 unspecified atom stereocenters. The first-order valence-electron chi connectivity index (χ1n) is 8.90. The summed E-state index contributed by atoms with van der Waals surface area (Å²) >= 11 is 1.42. The van der Waals surface area contributed by atoms with E-state index in [0.717, 1.165) is 31.7 Å². The molecule has 0 atom stereocenters. The molecule has 142 valence electrons. The predicted octanol–water partition coefficient (Wildman–Crippen LogP) is 7.04. The Hall–Kier alpha value is -1.81. The van der Waals surface area contributed by atoms with Gasteiger partial charge in [-0.3, -0.25) is 0 Å². The molecular weight excluding hydrogens is 347 g/mol. The van der Waals surface area contributed by atoms with Crippen LogP contribution in [0.15, 0.2) is 58.0 Å². The molecule has 0 amide bonds. The summed E-state index contributed by atoms with van der Waals surface area (Å²) in [6.07, 6.45) is 10.9. The number of carboxylic acids is 1. The van der Waals surface area contributed by atoms with Gasteiger partial charge < -0.3 is 5.11 Å². The van der Waals surface area contributed by atoms with Crippen LogP contribution in [0, 0.1) is 5.82 Å². The Bertz CT molecular complexity index is 698. The molecule has 0 radical (unpaired) electrons. The van der Waals surface area contributed by atoms with Gasteiger partial charge in [-0.1, -0.05) is 34.9 Å². The Labute approximate surface area is 160 Å². The van der Waals surface area contributed by atoms with Crippen LogP contribution in [0.1, 0.15) is 63.7 Å². The van der Waals surface area contributed by atoms with Crippen LogP contribution in [0.3, 0.4) is 0 Å². The fraction of sp³-hybridized carbons (Fsp3) is 0.409. The third-order valence-electron chi connectivity index (χ3n) is 3.97. The summed E-state index contributed by atoms with van der Waals surface area (Å²) in [7, 11) is 0. The standard InChI is InChI=1S/C22H29FO2S/c1-16(2)7-5-8-17(3)9-6-10-18(4)13-14-26-21-12-11-19(23)15-20(21)22(24)25/h7,9,11-13,15H,5-6,8,10,14H2,1-4H3,(H,24,25)/b17-9-,18-13-. The molecule has 0 bridgehead atoms. The van der Waals surface area contributed by atoms with Crippen molar-refractivity contribution in [3.63, 3.8) is 0 Å². The molecular formula is C22H29FO2S. The molecule has 0 aromatic heterocycles. The molecule has 0 aliphatic heterocycles. The maximum absolute atomic E-state index is 13.2. The topological polar surface area (TPSA) is 37.3 Å². The number of hydrogen-bond donors (Lipinski definition) is 1. The lowest BCUT2D eigenvalue weighted by atomic mass is 10.1. The van der Waals surface area contributed by atoms with Crippen molar-refractivity contribution >= 4 is 17.7 Å². The summed E-state index contributed by atoms with van der Waals surface area (Å²) in [6.45, 7) is 8.51. The molecule has 0 saturated carbocycles. The van der Waals surface area contributed by atoms with Crippen LogP contribution in [-0.4, -0.2) is 16.8 Å². The zero-order chi connectivity index (χ0) is 19.5. The lowest BCUT2D eigenvalue weighted by molar-refractivity contribution is 0.0692. The van der Waals surface area contributed by atoms with Crippen molar-refractivity contribution in [2.24, 2.45) is 0 Å². The van der Waals surface area contributed by atoms with E-state index in [2.05, 4.69) is 45.9 Å². The van der Waals surface area contributed by atoms with Crippen molar-refractivity contribution in [1.29, 1.82) is 0 Å². The molecule has 1 aromatic carbocycles. The fourth-order valence-corrected chi connectivity index (χ4v) is 3.42. The third kappa shape index (κ3) is 9.04. The van der Waals surface area contributed by atoms with Crippen LogP contribution >= 0.6 is 11.8 Å². The second-order valence-corrected chi connectivity index (χ2v) is 7.78. The molecule has 2 nitrogen and oxygen atoms in total. The number of allylic oxidation sites excluding steroid dienone is 5. The van der Waals surface area contributed by atoms with Gasteiger partial charge in [0.15, 0.2) is 0 Å². The van der Waals surface area contributed by atoms with Gasteiger partial charge in [0.25, 0.3) is 0 Å². The molecule has 0 fully saturated rings. The van der Waals surface area contributed by atoms with Crippen LogP contribution in [0.2, 0.25) is 0 Å². The number of carboxylic acid groups (broad SMARTS) is 1. The van der Waals surface area contributed by atoms with E-state index in [1.165, 1.54) is 40.6 Å². The quantitative estimate of drug-likeness (QED) is 0.351. The molecule has 0 aliphatic rings. The first-order valence-corrected chi connectivity index (χ1v) is 9.88. The van der Waals surface area contributed by atoms with Gasteiger partial charge in [-0.2, -0.15) is 0 Å². The maximum Gasteiger partial charge on any atom is 0.336 e. The minimum absolute atomic E-state index is 0.0241. The highest BCUT2D eigenvalue weighted by atomic mass is 32.2. The van der Waals surface area contributed by atoms with Gasteiger partial charge in [0, 0.05) is 10.6 Å². The molecule has 4 heteroatoms. The molecule has 0 spiro atoms. The minimum atomic E-state index is -1.10. The first-order chi connectivity index (χ1) is 12.3. The normalized spacial score (nSPS) is 12.2. The fourth-order valence-electron chi connectivity index (χ4n) is 2.41. The zero-order valence-corrected chi connectivity index (χ0v) is 17.0. The van der Waals surface area contributed by atoms with Gasteiger partial charge in [-0.05, 0) is 71.6 Å². The van der Waals surface area contributed by atoms with Crippen LogP contribution < -0.4 is 0 Å². The van der Waals surface area contributed by atoms with Crippen LogP contribution in [-0.2, 0) is 0 Å². The highest BCUT2D eigenvalue weighted by Crippen LogP contribution is 2.24. The average molecular weight is 377 g/mol. The second kappa shape index (κ2) is 11.7. The highest BCUT2D eigenvalue weighted by Gasteiger charge is 2.11. The second-order valence-electron chi connectivity index (χ2n) is 6.72. The summed E-state index contributed by atoms with van der Waals surface area (Å²) in [4.78, 5) is 11.8. The van der Waals surface area contributed by atoms with Gasteiger partial charge in [0.1, 0.15) is 5.82 Å². The van der Waals surface area contributed by atoms with Crippen molar-refractivity contribution in [2.45, 2.75) is 58.3 Å². The highest BCUT2D eigenvalue weighted by molar-refractivity contribution is 7.99. The monoisotopic (exact) mass is 376 g/mol. The molecule has 1 aromatic rings. The number of benzene rings is 1. The first kappa shape index (κ1) is 22.2. The van der Waals surface area contributed by atoms with Gasteiger partial charge in [0.2, 0.25) is 0 Å². The van der Waals surface area contributed by atoms with E-state index in [1.54, 1.807) is 0 Å². The summed E-state index contributed by atoms with van der Waals surface area (Å²) < 4.78 is 13.2. The number of carbonyl (C=O) groups is 1. The Balaban J connectivity index is 2.45. The molecule has 1 N–H and O–H groups in total. The van der Waals surface area contributed by atoms with Crippen molar-refractivity contribution in [1.82, 2.24) is 0 Å². The number of halogens is 1. The van der Waals surface area contributed by atoms with Crippen molar-refractivity contribution in [3.8, 4) is 0 Å². The van der Waals surface area contributed by atoms with Crippen LogP contribution in [0.5, 0.6) is 0 Å². The number of thioether (sulfide) groups is 1. The number of rotatable bonds is 10. The number of aromatic carboxylic acids is 1. The van der Waals surface area contributed by atoms with E-state index in [-0.39, 0.29) is 5.56 Å². The minimum Gasteiger partial charge on any atom is -0.478 e. The smallest absolute Gasteiger partial charge is 0.336 e. The van der Waals surface area contributed by atoms with E-state index in [0.29, 0.717) is 10.6 Å². The van der Waals surface area contributed by atoms with Gasteiger partial charge >= 0.3 is 5.97 Å². The summed E-state index contributed by atoms with van der Waals surface area (Å²) in [5, 5.41) is 9.15. The molecule has 0 heterocycles. The van der Waals surface area contributed by atoms with E-state index >= 15 is 0 Å². The summed E-state index contributed by atoms with van der Waals surface area (Å²) in [5.74, 6) is -0.937. The Morgan fingerprint density at radius 2 is 1.65 bits per heavy atom. The Kier molecular flexibility index (Phi) is 10.0. The summed E-state index contributed by atoms with van der Waals surface area (Å²) in [6, 6.07) is 3.91. The van der Waals surface area contributed by atoms with E-state index in [9.17, 15) is 9.18 Å². The van der Waals surface area contributed by atoms with Crippen LogP contribution in [0.25, 0.3) is 0 Å². The van der Waals surface area contributed by atoms with Gasteiger partial charge in [-0.25, -0.2) is 9.18 Å². The molecule has 26 heavy (non-hydrogen) atoms. The van der Waals surface area contributed by atoms with E-state index in [1.807, 2.05) is 0 Å². The van der Waals surface area contributed by atoms with Gasteiger partial charge in [0.05, 0.1) is 5.56 Å². The SMILES string of the molecule is CC(C)=CCC/C(C)=C\CC/C(C)=C\CSc1ccc(F)cc1C(=O)O. The third-order valence-corrected chi connectivity index (χ3v) is 4.97. The maximum atomic E-state index is 13.2. The zero-order valence-electron chi connectivity index (χ0n) is 16.1. The average Bonchev–Trinajstić information content (AvgIpc) is 2.55. The van der Waals surface area contributed by atoms with E-state index in [4.69, 9.17) is 5.11 Å². The largest absolute Gasteiger partial charge is 0.478 e. The molecule has 1 rings (SSSR count). The van der Waals surface area contributed by atoms with Crippen molar-refractivity contribution < 1.29 is 14.3 Å².